The molecule has 0 spiro atoms. The van der Waals surface area contributed by atoms with Gasteiger partial charge in [0, 0.05) is 13.0 Å². The number of hydrogen-bond donors (Lipinski definition) is 1. The maximum atomic E-state index is 12.0. The molecular weight excluding hydrogens is 508 g/mol. The molecule has 0 saturated heterocycles. The molecule has 41 heavy (non-hydrogen) atoms. The molecule has 1 atom stereocenters. The lowest BCUT2D eigenvalue weighted by Gasteiger charge is -2.15. The lowest BCUT2D eigenvalue weighted by Crippen LogP contribution is -2.27. The van der Waals surface area contributed by atoms with Gasteiger partial charge in [-0.3, -0.25) is 4.79 Å². The SMILES string of the molecule is CCCCCCC/C=C\C/C=C\C/C=C\CCCCCCCCCOCC(CO)OC(=O)CCCCCCCCC. The van der Waals surface area contributed by atoms with Gasteiger partial charge in [-0.2, -0.15) is 0 Å². The lowest BCUT2D eigenvalue weighted by atomic mass is 10.1. The first-order valence-corrected chi connectivity index (χ1v) is 17.6. The number of unbranched alkanes of at least 4 members (excludes halogenated alkanes) is 18. The van der Waals surface area contributed by atoms with Crippen LogP contribution in [0.15, 0.2) is 36.5 Å². The Kier molecular flexibility index (Phi) is 33.6. The molecule has 4 nitrogen and oxygen atoms in total. The van der Waals surface area contributed by atoms with Gasteiger partial charge in [-0.05, 0) is 51.4 Å². The molecule has 4 heteroatoms. The van der Waals surface area contributed by atoms with Gasteiger partial charge in [0.15, 0.2) is 0 Å². The van der Waals surface area contributed by atoms with Crippen LogP contribution in [0.2, 0.25) is 0 Å². The van der Waals surface area contributed by atoms with Crippen LogP contribution in [0, 0.1) is 0 Å². The normalized spacial score (nSPS) is 12.8. The van der Waals surface area contributed by atoms with E-state index in [4.69, 9.17) is 9.47 Å². The highest BCUT2D eigenvalue weighted by Gasteiger charge is 2.13. The number of aliphatic hydroxyl groups is 1. The van der Waals surface area contributed by atoms with Gasteiger partial charge in [-0.25, -0.2) is 0 Å². The van der Waals surface area contributed by atoms with Crippen molar-refractivity contribution >= 4 is 5.97 Å². The molecular formula is C37H68O4. The largest absolute Gasteiger partial charge is 0.457 e. The van der Waals surface area contributed by atoms with E-state index >= 15 is 0 Å². The minimum Gasteiger partial charge on any atom is -0.457 e. The number of hydrogen-bond acceptors (Lipinski definition) is 4. The maximum absolute atomic E-state index is 12.0. The highest BCUT2D eigenvalue weighted by atomic mass is 16.6. The van der Waals surface area contributed by atoms with Gasteiger partial charge < -0.3 is 14.6 Å². The Morgan fingerprint density at radius 1 is 0.585 bits per heavy atom. The Bertz CT molecular complexity index is 610. The fraction of sp³-hybridized carbons (Fsp3) is 0.811. The van der Waals surface area contributed by atoms with Crippen LogP contribution in [0.25, 0.3) is 0 Å². The van der Waals surface area contributed by atoms with Gasteiger partial charge in [0.25, 0.3) is 0 Å². The van der Waals surface area contributed by atoms with Crippen LogP contribution in [0.1, 0.15) is 168 Å². The zero-order valence-electron chi connectivity index (χ0n) is 27.3. The highest BCUT2D eigenvalue weighted by Crippen LogP contribution is 2.11. The van der Waals surface area contributed by atoms with E-state index < -0.39 is 6.10 Å². The van der Waals surface area contributed by atoms with Crippen LogP contribution in [0.5, 0.6) is 0 Å². The van der Waals surface area contributed by atoms with Gasteiger partial charge in [-0.1, -0.05) is 147 Å². The maximum Gasteiger partial charge on any atom is 0.306 e. The van der Waals surface area contributed by atoms with Gasteiger partial charge >= 0.3 is 5.97 Å². The number of carbonyl (C=O) groups is 1. The minimum absolute atomic E-state index is 0.175. The fourth-order valence-electron chi connectivity index (χ4n) is 4.80. The van der Waals surface area contributed by atoms with E-state index in [0.29, 0.717) is 19.6 Å². The van der Waals surface area contributed by atoms with Crippen molar-refractivity contribution in [3.8, 4) is 0 Å². The van der Waals surface area contributed by atoms with Crippen LogP contribution in [-0.4, -0.2) is 37.0 Å². The number of rotatable bonds is 32. The van der Waals surface area contributed by atoms with E-state index in [1.807, 2.05) is 0 Å². The molecule has 240 valence electrons. The predicted molar refractivity (Wildman–Crippen MR) is 177 cm³/mol. The molecule has 0 aromatic heterocycles. The van der Waals surface area contributed by atoms with E-state index in [2.05, 4.69) is 50.3 Å². The van der Waals surface area contributed by atoms with Crippen molar-refractivity contribution in [1.82, 2.24) is 0 Å². The summed E-state index contributed by atoms with van der Waals surface area (Å²) in [6.45, 7) is 5.27. The third kappa shape index (κ3) is 33.0. The fourth-order valence-corrected chi connectivity index (χ4v) is 4.80. The van der Waals surface area contributed by atoms with Crippen molar-refractivity contribution in [1.29, 1.82) is 0 Å². The smallest absolute Gasteiger partial charge is 0.306 e. The summed E-state index contributed by atoms with van der Waals surface area (Å²) in [6.07, 6.45) is 41.9. The molecule has 0 heterocycles. The molecule has 0 fully saturated rings. The first kappa shape index (κ1) is 39.6. The second-order valence-corrected chi connectivity index (χ2v) is 11.6. The monoisotopic (exact) mass is 577 g/mol. The van der Waals surface area contributed by atoms with Gasteiger partial charge in [0.2, 0.25) is 0 Å². The molecule has 0 saturated carbocycles. The van der Waals surface area contributed by atoms with E-state index in [0.717, 1.165) is 32.1 Å². The Morgan fingerprint density at radius 3 is 1.54 bits per heavy atom. The quantitative estimate of drug-likeness (QED) is 0.0491. The van der Waals surface area contributed by atoms with Crippen molar-refractivity contribution in [3.63, 3.8) is 0 Å². The van der Waals surface area contributed by atoms with Crippen molar-refractivity contribution < 1.29 is 19.4 Å². The van der Waals surface area contributed by atoms with E-state index in [9.17, 15) is 9.90 Å². The second-order valence-electron chi connectivity index (χ2n) is 11.6. The topological polar surface area (TPSA) is 55.8 Å². The van der Waals surface area contributed by atoms with Crippen LogP contribution >= 0.6 is 0 Å². The highest BCUT2D eigenvalue weighted by molar-refractivity contribution is 5.69. The third-order valence-electron chi connectivity index (χ3n) is 7.47. The Balaban J connectivity index is 3.44. The number of allylic oxidation sites excluding steroid dienone is 6. The molecule has 0 radical (unpaired) electrons. The van der Waals surface area contributed by atoms with Gasteiger partial charge in [-0.15, -0.1) is 0 Å². The molecule has 0 aromatic rings. The third-order valence-corrected chi connectivity index (χ3v) is 7.47. The number of carbonyl (C=O) groups excluding carboxylic acids is 1. The summed E-state index contributed by atoms with van der Waals surface area (Å²) in [5.41, 5.74) is 0. The summed E-state index contributed by atoms with van der Waals surface area (Å²) in [5, 5.41) is 9.48. The van der Waals surface area contributed by atoms with Crippen molar-refractivity contribution in [2.75, 3.05) is 19.8 Å². The molecule has 0 aliphatic carbocycles. The molecule has 0 aliphatic rings. The zero-order valence-corrected chi connectivity index (χ0v) is 27.3. The van der Waals surface area contributed by atoms with Crippen LogP contribution in [-0.2, 0) is 14.3 Å². The summed E-state index contributed by atoms with van der Waals surface area (Å²) >= 11 is 0. The Labute approximate surface area is 255 Å². The molecule has 0 bridgehead atoms. The van der Waals surface area contributed by atoms with Gasteiger partial charge in [0.05, 0.1) is 13.2 Å². The zero-order chi connectivity index (χ0) is 29.9. The van der Waals surface area contributed by atoms with E-state index in [1.165, 1.54) is 116 Å². The van der Waals surface area contributed by atoms with Crippen molar-refractivity contribution in [2.45, 2.75) is 174 Å². The lowest BCUT2D eigenvalue weighted by molar-refractivity contribution is -0.154. The predicted octanol–water partition coefficient (Wildman–Crippen LogP) is 11.0. The first-order chi connectivity index (χ1) is 20.2. The average molecular weight is 577 g/mol. The number of ether oxygens (including phenoxy) is 2. The van der Waals surface area contributed by atoms with E-state index in [1.54, 1.807) is 0 Å². The molecule has 0 aliphatic heterocycles. The number of aliphatic hydroxyl groups excluding tert-OH is 1. The van der Waals surface area contributed by atoms with Crippen LogP contribution in [0.4, 0.5) is 0 Å². The summed E-state index contributed by atoms with van der Waals surface area (Å²) in [4.78, 5) is 12.0. The molecule has 1 N–H and O–H groups in total. The summed E-state index contributed by atoms with van der Waals surface area (Å²) in [7, 11) is 0. The first-order valence-electron chi connectivity index (χ1n) is 17.6. The van der Waals surface area contributed by atoms with Crippen molar-refractivity contribution in [3.05, 3.63) is 36.5 Å². The number of esters is 1. The molecule has 0 rings (SSSR count). The Morgan fingerprint density at radius 2 is 1.02 bits per heavy atom. The van der Waals surface area contributed by atoms with Crippen LogP contribution in [0.3, 0.4) is 0 Å². The Hall–Kier alpha value is -1.39. The molecule has 1 unspecified atom stereocenters. The van der Waals surface area contributed by atoms with Crippen molar-refractivity contribution in [2.24, 2.45) is 0 Å². The average Bonchev–Trinajstić information content (AvgIpc) is 2.98. The molecule has 0 aromatic carbocycles. The van der Waals surface area contributed by atoms with Gasteiger partial charge in [0.1, 0.15) is 6.10 Å². The minimum atomic E-state index is -0.533. The summed E-state index contributed by atoms with van der Waals surface area (Å²) in [6, 6.07) is 0. The molecule has 0 amide bonds. The summed E-state index contributed by atoms with van der Waals surface area (Å²) in [5.74, 6) is -0.212. The second kappa shape index (κ2) is 34.8. The van der Waals surface area contributed by atoms with Crippen LogP contribution < -0.4 is 0 Å². The standard InChI is InChI=1S/C37H68O4/c1-3-5-7-9-11-12-13-14-15-16-17-18-19-20-21-22-23-24-25-27-29-31-33-40-35-36(34-38)41-37(39)32-30-28-26-10-8-6-4-2/h13-14,16-17,19-20,36,38H,3-12,15,18,21-35H2,1-2H3/b14-13-,17-16-,20-19-. The summed E-state index contributed by atoms with van der Waals surface area (Å²) < 4.78 is 11.0. The van der Waals surface area contributed by atoms with E-state index in [-0.39, 0.29) is 12.6 Å².